The highest BCUT2D eigenvalue weighted by Gasteiger charge is 2.30. The van der Waals surface area contributed by atoms with Gasteiger partial charge in [0.05, 0.1) is 16.4 Å². The lowest BCUT2D eigenvalue weighted by Crippen LogP contribution is -2.14. The maximum absolute atomic E-state index is 11.9. The minimum atomic E-state index is -1.14. The normalized spacial score (nSPS) is 15.1. The molecule has 10 heteroatoms. The van der Waals surface area contributed by atoms with Crippen molar-refractivity contribution in [3.63, 3.8) is 0 Å². The number of aldehydes is 1. The van der Waals surface area contributed by atoms with Crippen LogP contribution in [0.2, 0.25) is 10.2 Å². The first kappa shape index (κ1) is 18.3. The van der Waals surface area contributed by atoms with Crippen molar-refractivity contribution in [1.29, 1.82) is 0 Å². The van der Waals surface area contributed by atoms with Gasteiger partial charge in [-0.1, -0.05) is 41.4 Å². The fourth-order valence-electron chi connectivity index (χ4n) is 2.80. The number of halogens is 2. The molecule has 3 aromatic rings. The molecule has 0 radical (unpaired) electrons. The SMILES string of the molecule is O=CCC(=O)OC1N=C(c2ccccc2Cl)c2nc(Cl)ccc2-n2cnnc21. The largest absolute Gasteiger partial charge is 0.431 e. The molecule has 0 aliphatic carbocycles. The maximum Gasteiger partial charge on any atom is 0.315 e. The van der Waals surface area contributed by atoms with Gasteiger partial charge in [0, 0.05) is 5.56 Å². The van der Waals surface area contributed by atoms with Crippen LogP contribution in [0.4, 0.5) is 0 Å². The highest BCUT2D eigenvalue weighted by atomic mass is 35.5. The van der Waals surface area contributed by atoms with Crippen LogP contribution in [0.1, 0.15) is 29.7 Å². The molecule has 0 bridgehead atoms. The fraction of sp³-hybridized carbons (Fsp3) is 0.111. The van der Waals surface area contributed by atoms with Crippen molar-refractivity contribution in [2.75, 3.05) is 0 Å². The van der Waals surface area contributed by atoms with E-state index in [1.54, 1.807) is 41.0 Å². The average Bonchev–Trinajstić information content (AvgIpc) is 3.11. The second-order valence-electron chi connectivity index (χ2n) is 5.73. The van der Waals surface area contributed by atoms with Crippen LogP contribution in [0.25, 0.3) is 5.69 Å². The van der Waals surface area contributed by atoms with Gasteiger partial charge < -0.3 is 9.53 Å². The summed E-state index contributed by atoms with van der Waals surface area (Å²) in [6.45, 7) is 0. The molecule has 4 rings (SSSR count). The molecule has 140 valence electrons. The zero-order valence-electron chi connectivity index (χ0n) is 14.1. The number of fused-ring (bicyclic) bond motifs is 3. The van der Waals surface area contributed by atoms with Gasteiger partial charge in [-0.3, -0.25) is 9.36 Å². The van der Waals surface area contributed by atoms with Crippen LogP contribution in [0, 0.1) is 0 Å². The highest BCUT2D eigenvalue weighted by molar-refractivity contribution is 6.35. The number of pyridine rings is 1. The van der Waals surface area contributed by atoms with Gasteiger partial charge in [0.1, 0.15) is 29.9 Å². The van der Waals surface area contributed by atoms with E-state index in [2.05, 4.69) is 20.2 Å². The molecule has 0 saturated carbocycles. The number of nitrogens with zero attached hydrogens (tertiary/aromatic N) is 5. The van der Waals surface area contributed by atoms with E-state index < -0.39 is 18.6 Å². The zero-order valence-corrected chi connectivity index (χ0v) is 15.6. The summed E-state index contributed by atoms with van der Waals surface area (Å²) in [4.78, 5) is 31.6. The Kier molecular flexibility index (Phi) is 4.89. The zero-order chi connectivity index (χ0) is 19.7. The Labute approximate surface area is 168 Å². The molecule has 0 amide bonds. The number of aliphatic imine (C=N–C) groups is 1. The summed E-state index contributed by atoms with van der Waals surface area (Å²) < 4.78 is 6.97. The Morgan fingerprint density at radius 3 is 2.82 bits per heavy atom. The number of esters is 1. The lowest BCUT2D eigenvalue weighted by Gasteiger charge is -2.12. The van der Waals surface area contributed by atoms with Crippen molar-refractivity contribution in [2.45, 2.75) is 12.6 Å². The summed E-state index contributed by atoms with van der Waals surface area (Å²) in [5.41, 5.74) is 1.97. The third kappa shape index (κ3) is 3.28. The van der Waals surface area contributed by atoms with E-state index in [4.69, 9.17) is 27.9 Å². The summed E-state index contributed by atoms with van der Waals surface area (Å²) in [6.07, 6.45) is 0.362. The van der Waals surface area contributed by atoms with Gasteiger partial charge in [-0.05, 0) is 18.2 Å². The first-order valence-electron chi connectivity index (χ1n) is 8.11. The molecule has 0 spiro atoms. The van der Waals surface area contributed by atoms with E-state index in [1.165, 1.54) is 6.33 Å². The van der Waals surface area contributed by atoms with Crippen molar-refractivity contribution in [1.82, 2.24) is 19.7 Å². The summed E-state index contributed by atoms with van der Waals surface area (Å²) in [7, 11) is 0. The topological polar surface area (TPSA) is 99.3 Å². The molecule has 1 aliphatic heterocycles. The van der Waals surface area contributed by atoms with Crippen LogP contribution >= 0.6 is 23.2 Å². The molecule has 1 aromatic carbocycles. The van der Waals surface area contributed by atoms with Gasteiger partial charge in [0.2, 0.25) is 5.82 Å². The molecule has 1 unspecified atom stereocenters. The van der Waals surface area contributed by atoms with E-state index in [-0.39, 0.29) is 11.0 Å². The van der Waals surface area contributed by atoms with Crippen molar-refractivity contribution in [2.24, 2.45) is 4.99 Å². The molecule has 8 nitrogen and oxygen atoms in total. The average molecular weight is 416 g/mol. The molecule has 0 saturated heterocycles. The second-order valence-corrected chi connectivity index (χ2v) is 6.53. The van der Waals surface area contributed by atoms with Crippen molar-refractivity contribution < 1.29 is 14.3 Å². The molecular weight excluding hydrogens is 405 g/mol. The minimum absolute atomic E-state index is 0.254. The number of carbonyl (C=O) groups is 2. The van der Waals surface area contributed by atoms with Gasteiger partial charge in [0.15, 0.2) is 0 Å². The smallest absolute Gasteiger partial charge is 0.315 e. The lowest BCUT2D eigenvalue weighted by atomic mass is 10.1. The Morgan fingerprint density at radius 1 is 1.21 bits per heavy atom. The molecule has 1 atom stereocenters. The Bertz CT molecular complexity index is 1110. The number of rotatable bonds is 4. The molecule has 1 aliphatic rings. The van der Waals surface area contributed by atoms with Crippen LogP contribution in [-0.4, -0.2) is 37.7 Å². The molecule has 2 aromatic heterocycles. The first-order valence-corrected chi connectivity index (χ1v) is 8.87. The standard InChI is InChI=1S/C18H11Cl2N5O3/c19-11-4-2-1-3-10(11)15-16-12(5-6-13(20)22-16)25-9-21-24-17(25)18(23-15)28-14(27)7-8-26/h1-6,8-9,18H,7H2. The van der Waals surface area contributed by atoms with E-state index in [1.807, 2.05) is 0 Å². The Balaban J connectivity index is 1.96. The quantitative estimate of drug-likeness (QED) is 0.281. The summed E-state index contributed by atoms with van der Waals surface area (Å²) >= 11 is 12.5. The summed E-state index contributed by atoms with van der Waals surface area (Å²) in [5.74, 6) is -0.486. The predicted molar refractivity (Wildman–Crippen MR) is 101 cm³/mol. The van der Waals surface area contributed by atoms with Crippen molar-refractivity contribution in [3.8, 4) is 5.69 Å². The highest BCUT2D eigenvalue weighted by Crippen LogP contribution is 2.32. The van der Waals surface area contributed by atoms with Gasteiger partial charge in [0.25, 0.3) is 6.23 Å². The monoisotopic (exact) mass is 415 g/mol. The molecule has 0 fully saturated rings. The van der Waals surface area contributed by atoms with Crippen LogP contribution in [0.5, 0.6) is 0 Å². The van der Waals surface area contributed by atoms with Crippen LogP contribution < -0.4 is 0 Å². The van der Waals surface area contributed by atoms with Gasteiger partial charge >= 0.3 is 5.97 Å². The van der Waals surface area contributed by atoms with E-state index >= 15 is 0 Å². The second kappa shape index (κ2) is 7.49. The number of benzene rings is 1. The Morgan fingerprint density at radius 2 is 2.04 bits per heavy atom. The van der Waals surface area contributed by atoms with E-state index in [0.29, 0.717) is 34.0 Å². The van der Waals surface area contributed by atoms with Gasteiger partial charge in [-0.2, -0.15) is 0 Å². The van der Waals surface area contributed by atoms with Crippen LogP contribution in [0.3, 0.4) is 0 Å². The van der Waals surface area contributed by atoms with Crippen molar-refractivity contribution >= 4 is 41.2 Å². The maximum atomic E-state index is 11.9. The molecule has 28 heavy (non-hydrogen) atoms. The molecular formula is C18H11Cl2N5O3. The fourth-order valence-corrected chi connectivity index (χ4v) is 3.17. The van der Waals surface area contributed by atoms with E-state index in [9.17, 15) is 9.59 Å². The van der Waals surface area contributed by atoms with Gasteiger partial charge in [-0.25, -0.2) is 9.98 Å². The lowest BCUT2D eigenvalue weighted by molar-refractivity contribution is -0.150. The number of ether oxygens (including phenoxy) is 1. The molecule has 3 heterocycles. The minimum Gasteiger partial charge on any atom is -0.431 e. The summed E-state index contributed by atoms with van der Waals surface area (Å²) in [5, 5.41) is 8.60. The molecule has 0 N–H and O–H groups in total. The van der Waals surface area contributed by atoms with Crippen LogP contribution in [0.15, 0.2) is 47.7 Å². The number of aromatic nitrogens is 4. The van der Waals surface area contributed by atoms with Crippen LogP contribution in [-0.2, 0) is 14.3 Å². The third-order valence-corrected chi connectivity index (χ3v) is 4.53. The van der Waals surface area contributed by atoms with Gasteiger partial charge in [-0.15, -0.1) is 10.2 Å². The number of hydrogen-bond donors (Lipinski definition) is 0. The number of carbonyl (C=O) groups excluding carboxylic acids is 2. The Hall–Kier alpha value is -3.10. The van der Waals surface area contributed by atoms with Crippen molar-refractivity contribution in [3.05, 3.63) is 70.0 Å². The first-order chi connectivity index (χ1) is 13.6. The van der Waals surface area contributed by atoms with E-state index in [0.717, 1.165) is 0 Å². The number of hydrogen-bond acceptors (Lipinski definition) is 7. The third-order valence-electron chi connectivity index (χ3n) is 3.99. The summed E-state index contributed by atoms with van der Waals surface area (Å²) in [6, 6.07) is 10.4. The predicted octanol–water partition coefficient (Wildman–Crippen LogP) is 2.95.